The molecule has 0 heterocycles. The van der Waals surface area contributed by atoms with E-state index >= 15 is 0 Å². The lowest BCUT2D eigenvalue weighted by molar-refractivity contribution is -0.112. The molecule has 0 saturated carbocycles. The molecule has 0 radical (unpaired) electrons. The molecule has 0 atom stereocenters. The molecule has 6 nitrogen and oxygen atoms in total. The van der Waals surface area contributed by atoms with E-state index in [4.69, 9.17) is 14.7 Å². The maximum absolute atomic E-state index is 12.3. The van der Waals surface area contributed by atoms with Crippen molar-refractivity contribution in [2.24, 2.45) is 0 Å². The first-order chi connectivity index (χ1) is 12.6. The van der Waals surface area contributed by atoms with E-state index < -0.39 is 5.91 Å². The first-order valence-corrected chi connectivity index (χ1v) is 7.75. The van der Waals surface area contributed by atoms with Gasteiger partial charge in [-0.1, -0.05) is 18.2 Å². The van der Waals surface area contributed by atoms with Crippen LogP contribution >= 0.6 is 0 Å². The third kappa shape index (κ3) is 4.86. The molecule has 0 aliphatic rings. The van der Waals surface area contributed by atoms with E-state index in [0.29, 0.717) is 22.7 Å². The Morgan fingerprint density at radius 1 is 1.19 bits per heavy atom. The number of carbonyl (C=O) groups excluding carboxylic acids is 1. The molecule has 1 N–H and O–H groups in total. The minimum Gasteiger partial charge on any atom is -0.493 e. The summed E-state index contributed by atoms with van der Waals surface area (Å²) in [6, 6.07) is 16.0. The lowest BCUT2D eigenvalue weighted by Gasteiger charge is -2.09. The van der Waals surface area contributed by atoms with Gasteiger partial charge >= 0.3 is 0 Å². The second kappa shape index (κ2) is 8.91. The fourth-order valence-corrected chi connectivity index (χ4v) is 2.24. The number of carbonyl (C=O) groups is 1. The summed E-state index contributed by atoms with van der Waals surface area (Å²) < 4.78 is 10.5. The number of ether oxygens (including phenoxy) is 2. The summed E-state index contributed by atoms with van der Waals surface area (Å²) in [5, 5.41) is 20.6. The van der Waals surface area contributed by atoms with Gasteiger partial charge in [0, 0.05) is 5.69 Å². The average Bonchev–Trinajstić information content (AvgIpc) is 2.64. The van der Waals surface area contributed by atoms with Crippen molar-refractivity contribution in [2.75, 3.05) is 19.0 Å². The largest absolute Gasteiger partial charge is 0.493 e. The number of nitrogens with one attached hydrogen (secondary N) is 1. The summed E-state index contributed by atoms with van der Waals surface area (Å²) >= 11 is 0. The molecule has 0 fully saturated rings. The van der Waals surface area contributed by atoms with E-state index in [1.165, 1.54) is 13.2 Å². The zero-order valence-electron chi connectivity index (χ0n) is 14.4. The van der Waals surface area contributed by atoms with Gasteiger partial charge in [-0.3, -0.25) is 4.79 Å². The summed E-state index contributed by atoms with van der Waals surface area (Å²) in [7, 11) is 1.47. The SMILES string of the molecule is COc1cc(/C=C(\C#N)C(=O)Nc2cccc(C)c2)ccc1OCC#N. The van der Waals surface area contributed by atoms with Crippen molar-refractivity contribution in [3.8, 4) is 23.6 Å². The number of benzene rings is 2. The average molecular weight is 347 g/mol. The molecule has 0 unspecified atom stereocenters. The summed E-state index contributed by atoms with van der Waals surface area (Å²) in [6.07, 6.45) is 1.46. The van der Waals surface area contributed by atoms with Crippen LogP contribution in [0.25, 0.3) is 6.08 Å². The molecular weight excluding hydrogens is 330 g/mol. The highest BCUT2D eigenvalue weighted by molar-refractivity contribution is 6.09. The molecule has 0 aromatic heterocycles. The van der Waals surface area contributed by atoms with Gasteiger partial charge in [0.2, 0.25) is 0 Å². The van der Waals surface area contributed by atoms with Gasteiger partial charge in [-0.15, -0.1) is 0 Å². The zero-order chi connectivity index (χ0) is 18.9. The molecule has 2 aromatic rings. The van der Waals surface area contributed by atoms with Gasteiger partial charge in [0.1, 0.15) is 17.7 Å². The Morgan fingerprint density at radius 3 is 2.65 bits per heavy atom. The first kappa shape index (κ1) is 18.6. The van der Waals surface area contributed by atoms with Crippen molar-refractivity contribution < 1.29 is 14.3 Å². The highest BCUT2D eigenvalue weighted by Gasteiger charge is 2.11. The summed E-state index contributed by atoms with van der Waals surface area (Å²) in [5.41, 5.74) is 2.18. The fraction of sp³-hybridized carbons (Fsp3) is 0.150. The number of nitriles is 2. The Labute approximate surface area is 151 Å². The highest BCUT2D eigenvalue weighted by atomic mass is 16.5. The topological polar surface area (TPSA) is 95.1 Å². The van der Waals surface area contributed by atoms with Gasteiger partial charge in [-0.2, -0.15) is 10.5 Å². The van der Waals surface area contributed by atoms with Crippen LogP contribution in [0, 0.1) is 29.6 Å². The third-order valence-corrected chi connectivity index (χ3v) is 3.43. The van der Waals surface area contributed by atoms with E-state index in [9.17, 15) is 10.1 Å². The Kier molecular flexibility index (Phi) is 6.36. The number of hydrogen-bond acceptors (Lipinski definition) is 5. The maximum Gasteiger partial charge on any atom is 0.266 e. The van der Waals surface area contributed by atoms with Gasteiger partial charge in [0.15, 0.2) is 18.1 Å². The quantitative estimate of drug-likeness (QED) is 0.638. The number of aryl methyl sites for hydroxylation is 1. The van der Waals surface area contributed by atoms with Crippen LogP contribution < -0.4 is 14.8 Å². The highest BCUT2D eigenvalue weighted by Crippen LogP contribution is 2.29. The van der Waals surface area contributed by atoms with Crippen LogP contribution in [0.5, 0.6) is 11.5 Å². The monoisotopic (exact) mass is 347 g/mol. The minimum atomic E-state index is -0.498. The maximum atomic E-state index is 12.3. The van der Waals surface area contributed by atoms with Crippen molar-refractivity contribution in [2.45, 2.75) is 6.92 Å². The van der Waals surface area contributed by atoms with Gasteiger partial charge in [0.25, 0.3) is 5.91 Å². The van der Waals surface area contributed by atoms with Gasteiger partial charge < -0.3 is 14.8 Å². The third-order valence-electron chi connectivity index (χ3n) is 3.43. The summed E-state index contributed by atoms with van der Waals surface area (Å²) in [4.78, 5) is 12.3. The van der Waals surface area contributed by atoms with Crippen molar-refractivity contribution in [1.29, 1.82) is 10.5 Å². The van der Waals surface area contributed by atoms with E-state index in [1.807, 2.05) is 37.3 Å². The van der Waals surface area contributed by atoms with Gasteiger partial charge in [-0.25, -0.2) is 0 Å². The Balaban J connectivity index is 2.23. The second-order valence-corrected chi connectivity index (χ2v) is 5.35. The van der Waals surface area contributed by atoms with Crippen molar-refractivity contribution in [1.82, 2.24) is 0 Å². The Hall–Kier alpha value is -3.77. The summed E-state index contributed by atoms with van der Waals surface area (Å²) in [5.74, 6) is 0.321. The minimum absolute atomic E-state index is 0.0424. The molecule has 0 aliphatic carbocycles. The lowest BCUT2D eigenvalue weighted by atomic mass is 10.1. The molecule has 2 aromatic carbocycles. The number of amides is 1. The van der Waals surface area contributed by atoms with E-state index in [2.05, 4.69) is 5.32 Å². The van der Waals surface area contributed by atoms with Gasteiger partial charge in [-0.05, 0) is 48.4 Å². The lowest BCUT2D eigenvalue weighted by Crippen LogP contribution is -2.13. The normalized spacial score (nSPS) is 10.4. The molecule has 2 rings (SSSR count). The molecule has 0 bridgehead atoms. The second-order valence-electron chi connectivity index (χ2n) is 5.35. The standard InChI is InChI=1S/C20H17N3O3/c1-14-4-3-5-17(10-14)23-20(24)16(13-22)11-15-6-7-18(26-9-8-21)19(12-15)25-2/h3-7,10-12H,9H2,1-2H3,(H,23,24)/b16-11+. The predicted molar refractivity (Wildman–Crippen MR) is 97.5 cm³/mol. The first-order valence-electron chi connectivity index (χ1n) is 7.75. The van der Waals surface area contributed by atoms with Crippen LogP contribution in [0.1, 0.15) is 11.1 Å². The van der Waals surface area contributed by atoms with Gasteiger partial charge in [0.05, 0.1) is 7.11 Å². The molecule has 0 saturated heterocycles. The zero-order valence-corrected chi connectivity index (χ0v) is 14.4. The van der Waals surface area contributed by atoms with Crippen LogP contribution in [-0.2, 0) is 4.79 Å². The Bertz CT molecular complexity index is 921. The predicted octanol–water partition coefficient (Wildman–Crippen LogP) is 3.45. The van der Waals surface area contributed by atoms with E-state index in [0.717, 1.165) is 5.56 Å². The van der Waals surface area contributed by atoms with Crippen molar-refractivity contribution >= 4 is 17.7 Å². The molecule has 6 heteroatoms. The molecule has 1 amide bonds. The van der Waals surface area contributed by atoms with E-state index in [1.54, 1.807) is 24.3 Å². The number of rotatable bonds is 6. The number of hydrogen-bond donors (Lipinski definition) is 1. The number of methoxy groups -OCH3 is 1. The smallest absolute Gasteiger partial charge is 0.266 e. The van der Waals surface area contributed by atoms with Crippen LogP contribution in [-0.4, -0.2) is 19.6 Å². The molecule has 130 valence electrons. The molecule has 26 heavy (non-hydrogen) atoms. The molecule has 0 spiro atoms. The molecule has 0 aliphatic heterocycles. The number of anilines is 1. The summed E-state index contributed by atoms with van der Waals surface area (Å²) in [6.45, 7) is 1.81. The Morgan fingerprint density at radius 2 is 2.00 bits per heavy atom. The van der Waals surface area contributed by atoms with E-state index in [-0.39, 0.29) is 12.2 Å². The van der Waals surface area contributed by atoms with Crippen molar-refractivity contribution in [3.63, 3.8) is 0 Å². The number of nitrogens with zero attached hydrogens (tertiary/aromatic N) is 2. The van der Waals surface area contributed by atoms with Crippen LogP contribution in [0.3, 0.4) is 0 Å². The molecular formula is C20H17N3O3. The van der Waals surface area contributed by atoms with Crippen LogP contribution in [0.15, 0.2) is 48.0 Å². The van der Waals surface area contributed by atoms with Crippen LogP contribution in [0.4, 0.5) is 5.69 Å². The van der Waals surface area contributed by atoms with Crippen LogP contribution in [0.2, 0.25) is 0 Å². The fourth-order valence-electron chi connectivity index (χ4n) is 2.24. The van der Waals surface area contributed by atoms with Crippen molar-refractivity contribution in [3.05, 3.63) is 59.2 Å².